The number of aliphatic hydroxyl groups is 1. The van der Waals surface area contributed by atoms with Crippen LogP contribution in [0.4, 0.5) is 5.69 Å². The van der Waals surface area contributed by atoms with Crippen molar-refractivity contribution in [2.45, 2.75) is 25.9 Å². The van der Waals surface area contributed by atoms with E-state index in [4.69, 9.17) is 5.11 Å². The Bertz CT molecular complexity index is 448. The van der Waals surface area contributed by atoms with Crippen LogP contribution in [0, 0.1) is 0 Å². The number of fused-ring (bicyclic) bond motifs is 1. The molecule has 0 fully saturated rings. The van der Waals surface area contributed by atoms with Gasteiger partial charge in [0.2, 0.25) is 0 Å². The highest BCUT2D eigenvalue weighted by molar-refractivity contribution is 5.88. The van der Waals surface area contributed by atoms with Gasteiger partial charge < -0.3 is 15.1 Å². The van der Waals surface area contributed by atoms with E-state index in [0.717, 1.165) is 24.2 Å². The Balaban J connectivity index is 2.25. The molecule has 2 N–H and O–H groups in total. The van der Waals surface area contributed by atoms with Crippen molar-refractivity contribution in [2.24, 2.45) is 0 Å². The number of carboxylic acid groups (broad SMARTS) is 1. The van der Waals surface area contributed by atoms with Crippen molar-refractivity contribution >= 4 is 11.7 Å². The molecular formula is C13H17NO3. The molecule has 1 heterocycles. The molecule has 4 heteroatoms. The lowest BCUT2D eigenvalue weighted by Gasteiger charge is -2.27. The van der Waals surface area contributed by atoms with E-state index in [1.165, 1.54) is 0 Å². The van der Waals surface area contributed by atoms with Gasteiger partial charge in [0.05, 0.1) is 11.2 Å². The molecule has 2 rings (SSSR count). The molecule has 1 aromatic rings. The van der Waals surface area contributed by atoms with E-state index in [1.807, 2.05) is 6.07 Å². The maximum absolute atomic E-state index is 10.9. The first-order valence-corrected chi connectivity index (χ1v) is 5.70. The van der Waals surface area contributed by atoms with Crippen LogP contribution in [0.3, 0.4) is 0 Å². The molecule has 1 aliphatic rings. The largest absolute Gasteiger partial charge is 0.478 e. The van der Waals surface area contributed by atoms with Gasteiger partial charge in [-0.15, -0.1) is 0 Å². The number of carboxylic acids is 1. The maximum atomic E-state index is 10.9. The highest BCUT2D eigenvalue weighted by atomic mass is 16.4. The van der Waals surface area contributed by atoms with E-state index in [0.29, 0.717) is 12.1 Å². The number of carbonyl (C=O) groups is 1. The van der Waals surface area contributed by atoms with E-state index in [2.05, 4.69) is 4.90 Å². The SMILES string of the molecule is CC(C)(O)CN1CCc2cc(C(=O)O)ccc21. The van der Waals surface area contributed by atoms with Gasteiger partial charge in [-0.1, -0.05) is 0 Å². The lowest BCUT2D eigenvalue weighted by Crippen LogP contribution is -2.37. The lowest BCUT2D eigenvalue weighted by molar-refractivity contribution is 0.0696. The van der Waals surface area contributed by atoms with Gasteiger partial charge in [0.25, 0.3) is 0 Å². The van der Waals surface area contributed by atoms with Gasteiger partial charge in [-0.3, -0.25) is 0 Å². The first-order chi connectivity index (χ1) is 7.87. The highest BCUT2D eigenvalue weighted by Gasteiger charge is 2.25. The summed E-state index contributed by atoms with van der Waals surface area (Å²) in [5.74, 6) is -0.895. The number of nitrogens with zero attached hydrogens (tertiary/aromatic N) is 1. The number of aromatic carboxylic acids is 1. The standard InChI is InChI=1S/C13H17NO3/c1-13(2,17)8-14-6-5-9-7-10(12(15)16)3-4-11(9)14/h3-4,7,17H,5-6,8H2,1-2H3,(H,15,16). The van der Waals surface area contributed by atoms with Crippen molar-refractivity contribution in [1.29, 1.82) is 0 Å². The van der Waals surface area contributed by atoms with E-state index >= 15 is 0 Å². The Morgan fingerprint density at radius 1 is 1.47 bits per heavy atom. The van der Waals surface area contributed by atoms with Crippen LogP contribution >= 0.6 is 0 Å². The first kappa shape index (κ1) is 11.9. The van der Waals surface area contributed by atoms with Crippen molar-refractivity contribution in [1.82, 2.24) is 0 Å². The van der Waals surface area contributed by atoms with Crippen LogP contribution < -0.4 is 4.90 Å². The third-order valence-electron chi connectivity index (χ3n) is 2.90. The second-order valence-electron chi connectivity index (χ2n) is 5.13. The van der Waals surface area contributed by atoms with Crippen molar-refractivity contribution in [2.75, 3.05) is 18.0 Å². The maximum Gasteiger partial charge on any atom is 0.335 e. The van der Waals surface area contributed by atoms with Crippen LogP contribution in [0.15, 0.2) is 18.2 Å². The molecule has 0 bridgehead atoms. The Hall–Kier alpha value is -1.55. The summed E-state index contributed by atoms with van der Waals surface area (Å²) >= 11 is 0. The molecule has 0 saturated heterocycles. The summed E-state index contributed by atoms with van der Waals surface area (Å²) in [7, 11) is 0. The second-order valence-corrected chi connectivity index (χ2v) is 5.13. The predicted molar refractivity (Wildman–Crippen MR) is 65.6 cm³/mol. The highest BCUT2D eigenvalue weighted by Crippen LogP contribution is 2.29. The summed E-state index contributed by atoms with van der Waals surface area (Å²) in [5, 5.41) is 18.7. The fourth-order valence-corrected chi connectivity index (χ4v) is 2.23. The van der Waals surface area contributed by atoms with Gasteiger partial charge in [-0.2, -0.15) is 0 Å². The minimum Gasteiger partial charge on any atom is -0.478 e. The van der Waals surface area contributed by atoms with Gasteiger partial charge in [0.1, 0.15) is 0 Å². The van der Waals surface area contributed by atoms with Crippen molar-refractivity contribution in [3.63, 3.8) is 0 Å². The number of rotatable bonds is 3. The number of hydrogen-bond acceptors (Lipinski definition) is 3. The summed E-state index contributed by atoms with van der Waals surface area (Å²) in [6.45, 7) is 4.95. The Kier molecular flexibility index (Phi) is 2.83. The molecule has 0 saturated carbocycles. The Morgan fingerprint density at radius 3 is 2.76 bits per heavy atom. The van der Waals surface area contributed by atoms with Crippen LogP contribution in [0.25, 0.3) is 0 Å². The van der Waals surface area contributed by atoms with Crippen LogP contribution in [-0.4, -0.2) is 34.9 Å². The van der Waals surface area contributed by atoms with Gasteiger partial charge in [-0.05, 0) is 44.0 Å². The molecule has 1 aliphatic heterocycles. The van der Waals surface area contributed by atoms with Crippen molar-refractivity contribution in [3.05, 3.63) is 29.3 Å². The Morgan fingerprint density at radius 2 is 2.18 bits per heavy atom. The third kappa shape index (κ3) is 2.58. The van der Waals surface area contributed by atoms with Gasteiger partial charge >= 0.3 is 5.97 Å². The summed E-state index contributed by atoms with van der Waals surface area (Å²) < 4.78 is 0. The predicted octanol–water partition coefficient (Wildman–Crippen LogP) is 1.52. The normalized spacial score (nSPS) is 14.9. The molecule has 17 heavy (non-hydrogen) atoms. The fourth-order valence-electron chi connectivity index (χ4n) is 2.23. The molecular weight excluding hydrogens is 218 g/mol. The average Bonchev–Trinajstić information content (AvgIpc) is 2.58. The summed E-state index contributed by atoms with van der Waals surface area (Å²) in [6, 6.07) is 5.17. The van der Waals surface area contributed by atoms with Crippen LogP contribution in [0.5, 0.6) is 0 Å². The van der Waals surface area contributed by atoms with E-state index in [1.54, 1.807) is 26.0 Å². The Labute approximate surface area is 100 Å². The fraction of sp³-hybridized carbons (Fsp3) is 0.462. The van der Waals surface area contributed by atoms with Gasteiger partial charge in [-0.25, -0.2) is 4.79 Å². The number of β-amino-alcohol motifs (C(OH)–C–C–N with tert-alkyl or cyclic N) is 1. The third-order valence-corrected chi connectivity index (χ3v) is 2.90. The first-order valence-electron chi connectivity index (χ1n) is 5.70. The van der Waals surface area contributed by atoms with Gasteiger partial charge in [0, 0.05) is 18.8 Å². The summed E-state index contributed by atoms with van der Waals surface area (Å²) in [6.07, 6.45) is 0.840. The zero-order chi connectivity index (χ0) is 12.6. The monoisotopic (exact) mass is 235 g/mol. The summed E-state index contributed by atoms with van der Waals surface area (Å²) in [4.78, 5) is 13.0. The minimum absolute atomic E-state index is 0.328. The smallest absolute Gasteiger partial charge is 0.335 e. The lowest BCUT2D eigenvalue weighted by atomic mass is 10.1. The van der Waals surface area contributed by atoms with E-state index < -0.39 is 11.6 Å². The average molecular weight is 235 g/mol. The van der Waals surface area contributed by atoms with Crippen molar-refractivity contribution in [3.8, 4) is 0 Å². The van der Waals surface area contributed by atoms with Gasteiger partial charge in [0.15, 0.2) is 0 Å². The van der Waals surface area contributed by atoms with E-state index in [9.17, 15) is 9.90 Å². The van der Waals surface area contributed by atoms with Crippen LogP contribution in [0.2, 0.25) is 0 Å². The molecule has 92 valence electrons. The second kappa shape index (κ2) is 4.04. The molecule has 0 atom stereocenters. The molecule has 0 unspecified atom stereocenters. The molecule has 0 aliphatic carbocycles. The quantitative estimate of drug-likeness (QED) is 0.834. The van der Waals surface area contributed by atoms with Crippen molar-refractivity contribution < 1.29 is 15.0 Å². The molecule has 4 nitrogen and oxygen atoms in total. The molecule has 0 radical (unpaired) electrons. The molecule has 0 amide bonds. The number of benzene rings is 1. The molecule has 0 aromatic heterocycles. The zero-order valence-electron chi connectivity index (χ0n) is 10.1. The minimum atomic E-state index is -0.895. The topological polar surface area (TPSA) is 60.8 Å². The van der Waals surface area contributed by atoms with Crippen LogP contribution in [-0.2, 0) is 6.42 Å². The van der Waals surface area contributed by atoms with E-state index in [-0.39, 0.29) is 0 Å². The molecule has 1 aromatic carbocycles. The molecule has 0 spiro atoms. The zero-order valence-corrected chi connectivity index (χ0v) is 10.1. The number of hydrogen-bond donors (Lipinski definition) is 2. The number of anilines is 1. The van der Waals surface area contributed by atoms with Crippen LogP contribution in [0.1, 0.15) is 29.8 Å². The summed E-state index contributed by atoms with van der Waals surface area (Å²) in [5.41, 5.74) is 1.67.